The molecule has 1 aliphatic carbocycles. The number of anilines is 2. The van der Waals surface area contributed by atoms with Crippen LogP contribution in [0.4, 0.5) is 11.8 Å². The third-order valence-electron chi connectivity index (χ3n) is 6.64. The summed E-state index contributed by atoms with van der Waals surface area (Å²) in [7, 11) is 0. The lowest BCUT2D eigenvalue weighted by molar-refractivity contribution is 0.0577. The number of hydrogen-bond acceptors (Lipinski definition) is 7. The molecule has 0 amide bonds. The maximum atomic E-state index is 10.6. The number of benzene rings is 1. The second-order valence-corrected chi connectivity index (χ2v) is 9.76. The van der Waals surface area contributed by atoms with E-state index in [2.05, 4.69) is 20.2 Å². The Bertz CT molecular complexity index is 1100. The van der Waals surface area contributed by atoms with E-state index >= 15 is 0 Å². The number of aliphatic hydroxyl groups is 1. The second-order valence-electron chi connectivity index (χ2n) is 9.76. The largest absolute Gasteiger partial charge is 0.508 e. The molecule has 1 saturated carbocycles. The summed E-state index contributed by atoms with van der Waals surface area (Å²) in [6.07, 6.45) is 8.57. The molecule has 33 heavy (non-hydrogen) atoms. The van der Waals surface area contributed by atoms with Crippen molar-refractivity contribution in [3.63, 3.8) is 0 Å². The fraction of sp³-hybridized carbons (Fsp3) is 0.560. The summed E-state index contributed by atoms with van der Waals surface area (Å²) < 4.78 is 2.18. The topological polar surface area (TPSA) is 108 Å². The fourth-order valence-corrected chi connectivity index (χ4v) is 4.70. The normalized spacial score (nSPS) is 16.2. The van der Waals surface area contributed by atoms with Crippen molar-refractivity contribution >= 4 is 22.9 Å². The lowest BCUT2D eigenvalue weighted by Crippen LogP contribution is -2.41. The average Bonchev–Trinajstić information content (AvgIpc) is 3.22. The monoisotopic (exact) mass is 452 g/mol. The van der Waals surface area contributed by atoms with Crippen LogP contribution >= 0.6 is 0 Å². The zero-order valence-electron chi connectivity index (χ0n) is 20.1. The molecular weight excluding hydrogens is 416 g/mol. The predicted octanol–water partition coefficient (Wildman–Crippen LogP) is 4.92. The number of rotatable bonds is 8. The molecule has 8 nitrogen and oxygen atoms in total. The van der Waals surface area contributed by atoms with E-state index in [9.17, 15) is 10.2 Å². The van der Waals surface area contributed by atoms with Crippen LogP contribution in [0.3, 0.4) is 0 Å². The molecule has 2 aromatic heterocycles. The number of aromatic nitrogens is 4. The minimum absolute atomic E-state index is 0.199. The quantitative estimate of drug-likeness (QED) is 0.384. The van der Waals surface area contributed by atoms with Gasteiger partial charge in [-0.2, -0.15) is 9.97 Å². The van der Waals surface area contributed by atoms with Crippen molar-refractivity contribution in [3.8, 4) is 5.75 Å². The van der Waals surface area contributed by atoms with Crippen molar-refractivity contribution in [1.29, 1.82) is 0 Å². The van der Waals surface area contributed by atoms with Gasteiger partial charge in [-0.1, -0.05) is 43.9 Å². The van der Waals surface area contributed by atoms with E-state index in [0.717, 1.165) is 41.6 Å². The average molecular weight is 453 g/mol. The second kappa shape index (κ2) is 9.55. The van der Waals surface area contributed by atoms with Gasteiger partial charge in [0.05, 0.1) is 18.0 Å². The molecule has 2 heterocycles. The fourth-order valence-electron chi connectivity index (χ4n) is 4.70. The molecule has 4 rings (SSSR count). The molecule has 0 saturated heterocycles. The molecule has 0 bridgehead atoms. The number of aromatic hydroxyl groups is 1. The van der Waals surface area contributed by atoms with Gasteiger partial charge >= 0.3 is 0 Å². The summed E-state index contributed by atoms with van der Waals surface area (Å²) in [6, 6.07) is 5.74. The molecule has 1 atom stereocenters. The zero-order valence-corrected chi connectivity index (χ0v) is 20.1. The number of phenols is 1. The van der Waals surface area contributed by atoms with E-state index < -0.39 is 5.60 Å². The summed E-state index contributed by atoms with van der Waals surface area (Å²) in [4.78, 5) is 14.2. The van der Waals surface area contributed by atoms with Crippen LogP contribution in [0.1, 0.15) is 76.5 Å². The molecule has 8 heteroatoms. The number of aryl methyl sites for hydroxylation is 1. The van der Waals surface area contributed by atoms with Crippen molar-refractivity contribution < 1.29 is 10.2 Å². The summed E-state index contributed by atoms with van der Waals surface area (Å²) in [5.41, 5.74) is 2.47. The summed E-state index contributed by atoms with van der Waals surface area (Å²) in [6.45, 7) is 8.02. The molecule has 0 spiro atoms. The van der Waals surface area contributed by atoms with Crippen molar-refractivity contribution in [1.82, 2.24) is 19.5 Å². The van der Waals surface area contributed by atoms with E-state index in [1.165, 1.54) is 19.3 Å². The molecular formula is C25H36N6O2. The first-order chi connectivity index (χ1) is 15.8. The summed E-state index contributed by atoms with van der Waals surface area (Å²) in [5, 5.41) is 27.5. The number of fused-ring (bicyclic) bond motifs is 1. The van der Waals surface area contributed by atoms with Gasteiger partial charge in [0.2, 0.25) is 5.95 Å². The maximum Gasteiger partial charge on any atom is 0.227 e. The zero-order chi connectivity index (χ0) is 23.6. The van der Waals surface area contributed by atoms with Crippen LogP contribution in [-0.4, -0.2) is 41.4 Å². The van der Waals surface area contributed by atoms with Crippen molar-refractivity contribution in [2.45, 2.75) is 90.4 Å². The lowest BCUT2D eigenvalue weighted by atomic mass is 9.95. The first kappa shape index (κ1) is 23.3. The standard InChI is InChI=1S/C25H36N6O2/c1-5-20(25(3,4)33)28-24-29-22(26-14-17-13-16(2)11-12-19(17)32)21-23(30-24)31(15-27-21)18-9-7-6-8-10-18/h11-13,15,18,20,32-33H,5-10,14H2,1-4H3,(H2,26,28,29,30). The SMILES string of the molecule is CCC(Nc1nc(NCc2cc(C)ccc2O)c2ncn(C3CCCCC3)c2n1)C(C)(C)O. The van der Waals surface area contributed by atoms with Crippen molar-refractivity contribution in [2.24, 2.45) is 0 Å². The van der Waals surface area contributed by atoms with E-state index in [1.807, 2.05) is 32.3 Å². The van der Waals surface area contributed by atoms with Crippen LogP contribution in [0.15, 0.2) is 24.5 Å². The molecule has 1 unspecified atom stereocenters. The van der Waals surface area contributed by atoms with Gasteiger partial charge in [-0.3, -0.25) is 0 Å². The lowest BCUT2D eigenvalue weighted by Gasteiger charge is -2.29. The summed E-state index contributed by atoms with van der Waals surface area (Å²) in [5.74, 6) is 1.33. The first-order valence-electron chi connectivity index (χ1n) is 12.0. The molecule has 178 valence electrons. The molecule has 0 radical (unpaired) electrons. The van der Waals surface area contributed by atoms with Gasteiger partial charge in [0, 0.05) is 18.2 Å². The van der Waals surface area contributed by atoms with Crippen LogP contribution in [0.25, 0.3) is 11.2 Å². The van der Waals surface area contributed by atoms with Crippen LogP contribution in [0.5, 0.6) is 5.75 Å². The van der Waals surface area contributed by atoms with E-state index in [0.29, 0.717) is 24.4 Å². The Morgan fingerprint density at radius 3 is 2.64 bits per heavy atom. The number of nitrogens with one attached hydrogen (secondary N) is 2. The number of phenolic OH excluding ortho intramolecular Hbond substituents is 1. The van der Waals surface area contributed by atoms with Gasteiger partial charge in [0.15, 0.2) is 17.0 Å². The van der Waals surface area contributed by atoms with Gasteiger partial charge in [-0.05, 0) is 46.1 Å². The highest BCUT2D eigenvalue weighted by Gasteiger charge is 2.27. The predicted molar refractivity (Wildman–Crippen MR) is 132 cm³/mol. The highest BCUT2D eigenvalue weighted by molar-refractivity contribution is 5.84. The Hall–Kier alpha value is -2.87. The molecule has 1 aliphatic rings. The Balaban J connectivity index is 1.71. The highest BCUT2D eigenvalue weighted by Crippen LogP contribution is 2.32. The molecule has 4 N–H and O–H groups in total. The Morgan fingerprint density at radius 2 is 1.94 bits per heavy atom. The van der Waals surface area contributed by atoms with Gasteiger partial charge in [0.25, 0.3) is 0 Å². The van der Waals surface area contributed by atoms with Gasteiger partial charge in [0.1, 0.15) is 5.75 Å². The third kappa shape index (κ3) is 5.21. The van der Waals surface area contributed by atoms with Crippen LogP contribution in [-0.2, 0) is 6.54 Å². The molecule has 0 aliphatic heterocycles. The Morgan fingerprint density at radius 1 is 1.18 bits per heavy atom. The maximum absolute atomic E-state index is 10.6. The number of imidazole rings is 1. The minimum Gasteiger partial charge on any atom is -0.508 e. The Labute approximate surface area is 195 Å². The van der Waals surface area contributed by atoms with Crippen LogP contribution in [0.2, 0.25) is 0 Å². The first-order valence-corrected chi connectivity index (χ1v) is 12.0. The van der Waals surface area contributed by atoms with Gasteiger partial charge in [-0.25, -0.2) is 4.98 Å². The minimum atomic E-state index is -0.919. The van der Waals surface area contributed by atoms with Crippen LogP contribution in [0, 0.1) is 6.92 Å². The molecule has 1 fully saturated rings. The van der Waals surface area contributed by atoms with E-state index in [4.69, 9.17) is 9.97 Å². The van der Waals surface area contributed by atoms with E-state index in [-0.39, 0.29) is 11.8 Å². The van der Waals surface area contributed by atoms with E-state index in [1.54, 1.807) is 19.9 Å². The smallest absolute Gasteiger partial charge is 0.227 e. The number of nitrogens with zero attached hydrogens (tertiary/aromatic N) is 4. The van der Waals surface area contributed by atoms with Crippen LogP contribution < -0.4 is 10.6 Å². The highest BCUT2D eigenvalue weighted by atomic mass is 16.3. The molecule has 1 aromatic carbocycles. The molecule has 3 aromatic rings. The third-order valence-corrected chi connectivity index (χ3v) is 6.64. The number of hydrogen-bond donors (Lipinski definition) is 4. The van der Waals surface area contributed by atoms with Gasteiger partial charge < -0.3 is 25.4 Å². The van der Waals surface area contributed by atoms with Crippen molar-refractivity contribution in [2.75, 3.05) is 10.6 Å². The Kier molecular flexibility index (Phi) is 6.74. The van der Waals surface area contributed by atoms with Gasteiger partial charge in [-0.15, -0.1) is 0 Å². The van der Waals surface area contributed by atoms with Crippen molar-refractivity contribution in [3.05, 3.63) is 35.7 Å². The summed E-state index contributed by atoms with van der Waals surface area (Å²) >= 11 is 0.